The molecule has 2 rings (SSSR count). The summed E-state index contributed by atoms with van der Waals surface area (Å²) in [7, 11) is 2.99. The molecule has 0 spiro atoms. The van der Waals surface area contributed by atoms with Gasteiger partial charge in [0.25, 0.3) is 0 Å². The third-order valence-corrected chi connectivity index (χ3v) is 3.74. The standard InChI is InChI=1S/C17H22N4O3/c1-12-15(11-20-21(12)7-4-8-23-2)13-5-6-19-16(9-13)14(10-18)17(22)24-3/h5-6,9-11H,4,7-8,18H2,1-3H3/b14-10+. The highest BCUT2D eigenvalue weighted by Crippen LogP contribution is 2.25. The molecule has 0 bridgehead atoms. The summed E-state index contributed by atoms with van der Waals surface area (Å²) >= 11 is 0. The molecule has 0 saturated heterocycles. The molecule has 2 aromatic heterocycles. The van der Waals surface area contributed by atoms with Gasteiger partial charge in [0.1, 0.15) is 5.57 Å². The molecule has 2 N–H and O–H groups in total. The summed E-state index contributed by atoms with van der Waals surface area (Å²) in [6.45, 7) is 3.49. The van der Waals surface area contributed by atoms with Crippen molar-refractivity contribution in [1.29, 1.82) is 0 Å². The number of carbonyl (C=O) groups is 1. The molecule has 2 aromatic rings. The van der Waals surface area contributed by atoms with E-state index in [4.69, 9.17) is 15.2 Å². The molecule has 0 aromatic carbocycles. The van der Waals surface area contributed by atoms with Crippen LogP contribution >= 0.6 is 0 Å². The lowest BCUT2D eigenvalue weighted by atomic mass is 10.0. The van der Waals surface area contributed by atoms with Crippen molar-refractivity contribution in [2.24, 2.45) is 5.73 Å². The molecule has 0 aliphatic rings. The lowest BCUT2D eigenvalue weighted by Crippen LogP contribution is -2.07. The Morgan fingerprint density at radius 1 is 1.42 bits per heavy atom. The summed E-state index contributed by atoms with van der Waals surface area (Å²) in [6.07, 6.45) is 5.55. The first-order valence-corrected chi connectivity index (χ1v) is 7.60. The number of pyridine rings is 1. The van der Waals surface area contributed by atoms with Crippen LogP contribution in [0.4, 0.5) is 0 Å². The summed E-state index contributed by atoms with van der Waals surface area (Å²) in [5, 5.41) is 4.42. The summed E-state index contributed by atoms with van der Waals surface area (Å²) in [5.41, 5.74) is 9.17. The second-order valence-electron chi connectivity index (χ2n) is 5.21. The van der Waals surface area contributed by atoms with Crippen LogP contribution in [-0.2, 0) is 20.8 Å². The molecule has 0 unspecified atom stereocenters. The maximum absolute atomic E-state index is 11.8. The molecule has 0 radical (unpaired) electrons. The number of nitrogens with zero attached hydrogens (tertiary/aromatic N) is 3. The summed E-state index contributed by atoms with van der Waals surface area (Å²) < 4.78 is 11.7. The molecular formula is C17H22N4O3. The van der Waals surface area contributed by atoms with Crippen molar-refractivity contribution in [1.82, 2.24) is 14.8 Å². The second kappa shape index (κ2) is 8.26. The number of nitrogens with two attached hydrogens (primary N) is 1. The Balaban J connectivity index is 2.31. The van der Waals surface area contributed by atoms with Gasteiger partial charge in [0, 0.05) is 43.9 Å². The molecule has 0 aliphatic carbocycles. The Kier molecular flexibility index (Phi) is 6.08. The van der Waals surface area contributed by atoms with E-state index in [-0.39, 0.29) is 5.57 Å². The number of carbonyl (C=O) groups excluding carboxylic acids is 1. The van der Waals surface area contributed by atoms with E-state index in [9.17, 15) is 4.79 Å². The minimum absolute atomic E-state index is 0.226. The largest absolute Gasteiger partial charge is 0.465 e. The molecule has 128 valence electrons. The van der Waals surface area contributed by atoms with Crippen molar-refractivity contribution < 1.29 is 14.3 Å². The zero-order valence-electron chi connectivity index (χ0n) is 14.2. The number of hydrogen-bond acceptors (Lipinski definition) is 6. The van der Waals surface area contributed by atoms with Gasteiger partial charge in [0.2, 0.25) is 0 Å². The van der Waals surface area contributed by atoms with Crippen LogP contribution in [0.25, 0.3) is 16.7 Å². The SMILES string of the molecule is COCCCn1ncc(-c2ccnc(/C(=C\N)C(=O)OC)c2)c1C. The molecular weight excluding hydrogens is 308 g/mol. The number of aromatic nitrogens is 3. The van der Waals surface area contributed by atoms with Crippen molar-refractivity contribution in [3.63, 3.8) is 0 Å². The van der Waals surface area contributed by atoms with Crippen molar-refractivity contribution in [2.75, 3.05) is 20.8 Å². The van der Waals surface area contributed by atoms with E-state index in [1.54, 1.807) is 19.4 Å². The maximum atomic E-state index is 11.8. The highest BCUT2D eigenvalue weighted by Gasteiger charge is 2.15. The van der Waals surface area contributed by atoms with Crippen molar-refractivity contribution in [2.45, 2.75) is 19.9 Å². The summed E-state index contributed by atoms with van der Waals surface area (Å²) in [6, 6.07) is 3.68. The van der Waals surface area contributed by atoms with E-state index in [1.165, 1.54) is 13.3 Å². The normalized spacial score (nSPS) is 11.5. The molecule has 24 heavy (non-hydrogen) atoms. The zero-order chi connectivity index (χ0) is 17.5. The van der Waals surface area contributed by atoms with Crippen molar-refractivity contribution in [3.8, 4) is 11.1 Å². The van der Waals surface area contributed by atoms with Gasteiger partial charge in [-0.05, 0) is 31.0 Å². The molecule has 0 fully saturated rings. The number of esters is 1. The molecule has 0 atom stereocenters. The minimum atomic E-state index is -0.519. The van der Waals surface area contributed by atoms with Gasteiger partial charge in [0.05, 0.1) is 19.0 Å². The second-order valence-corrected chi connectivity index (χ2v) is 5.21. The fourth-order valence-electron chi connectivity index (χ4n) is 2.43. The van der Waals surface area contributed by atoms with Crippen LogP contribution in [0, 0.1) is 6.92 Å². The smallest absolute Gasteiger partial charge is 0.341 e. The van der Waals surface area contributed by atoms with Crippen LogP contribution < -0.4 is 5.73 Å². The topological polar surface area (TPSA) is 92.3 Å². The van der Waals surface area contributed by atoms with E-state index in [0.717, 1.165) is 29.8 Å². The fraction of sp³-hybridized carbons (Fsp3) is 0.353. The molecule has 2 heterocycles. The third-order valence-electron chi connectivity index (χ3n) is 3.74. The first kappa shape index (κ1) is 17.7. The lowest BCUT2D eigenvalue weighted by Gasteiger charge is -2.08. The van der Waals surface area contributed by atoms with Gasteiger partial charge in [0.15, 0.2) is 0 Å². The van der Waals surface area contributed by atoms with Gasteiger partial charge >= 0.3 is 5.97 Å². The number of hydrogen-bond donors (Lipinski definition) is 1. The van der Waals surface area contributed by atoms with Crippen LogP contribution in [0.5, 0.6) is 0 Å². The third kappa shape index (κ3) is 3.80. The molecule has 0 amide bonds. The lowest BCUT2D eigenvalue weighted by molar-refractivity contribution is -0.133. The van der Waals surface area contributed by atoms with Crippen LogP contribution in [-0.4, -0.2) is 41.6 Å². The van der Waals surface area contributed by atoms with Gasteiger partial charge in [-0.2, -0.15) is 5.10 Å². The van der Waals surface area contributed by atoms with Crippen molar-refractivity contribution in [3.05, 3.63) is 42.1 Å². The summed E-state index contributed by atoms with van der Waals surface area (Å²) in [5.74, 6) is -0.519. The van der Waals surface area contributed by atoms with E-state index in [1.807, 2.05) is 23.9 Å². The van der Waals surface area contributed by atoms with Crippen LogP contribution in [0.3, 0.4) is 0 Å². The predicted molar refractivity (Wildman–Crippen MR) is 90.9 cm³/mol. The van der Waals surface area contributed by atoms with Crippen molar-refractivity contribution >= 4 is 11.5 Å². The number of rotatable bonds is 7. The van der Waals surface area contributed by atoms with Crippen LogP contribution in [0.15, 0.2) is 30.7 Å². The maximum Gasteiger partial charge on any atom is 0.341 e. The highest BCUT2D eigenvalue weighted by molar-refractivity contribution is 6.15. The highest BCUT2D eigenvalue weighted by atomic mass is 16.5. The Labute approximate surface area is 141 Å². The van der Waals surface area contributed by atoms with E-state index in [0.29, 0.717) is 12.3 Å². The number of ether oxygens (including phenoxy) is 2. The van der Waals surface area contributed by atoms with E-state index < -0.39 is 5.97 Å². The molecule has 0 aliphatic heterocycles. The van der Waals surface area contributed by atoms with Crippen LogP contribution in [0.1, 0.15) is 17.8 Å². The Morgan fingerprint density at radius 2 is 2.21 bits per heavy atom. The van der Waals surface area contributed by atoms with Gasteiger partial charge < -0.3 is 15.2 Å². The van der Waals surface area contributed by atoms with Gasteiger partial charge in [-0.15, -0.1) is 0 Å². The molecule has 7 nitrogen and oxygen atoms in total. The van der Waals surface area contributed by atoms with Gasteiger partial charge in [-0.25, -0.2) is 4.79 Å². The zero-order valence-corrected chi connectivity index (χ0v) is 14.2. The first-order valence-electron chi connectivity index (χ1n) is 7.60. The Hall–Kier alpha value is -2.67. The average Bonchev–Trinajstić information content (AvgIpc) is 2.97. The molecule has 0 saturated carbocycles. The number of methoxy groups -OCH3 is 2. The van der Waals surface area contributed by atoms with E-state index >= 15 is 0 Å². The van der Waals surface area contributed by atoms with E-state index in [2.05, 4.69) is 10.1 Å². The minimum Gasteiger partial charge on any atom is -0.465 e. The Bertz CT molecular complexity index is 737. The predicted octanol–water partition coefficient (Wildman–Crippen LogP) is 1.76. The summed E-state index contributed by atoms with van der Waals surface area (Å²) in [4.78, 5) is 16.0. The quantitative estimate of drug-likeness (QED) is 0.472. The van der Waals surface area contributed by atoms with Gasteiger partial charge in [-0.3, -0.25) is 9.67 Å². The van der Waals surface area contributed by atoms with Gasteiger partial charge in [-0.1, -0.05) is 0 Å². The van der Waals surface area contributed by atoms with Crippen LogP contribution in [0.2, 0.25) is 0 Å². The Morgan fingerprint density at radius 3 is 2.88 bits per heavy atom. The average molecular weight is 330 g/mol. The number of aryl methyl sites for hydroxylation is 1. The molecule has 7 heteroatoms. The monoisotopic (exact) mass is 330 g/mol. The first-order chi connectivity index (χ1) is 11.6. The fourth-order valence-corrected chi connectivity index (χ4v) is 2.43.